The van der Waals surface area contributed by atoms with E-state index in [0.717, 1.165) is 0 Å². The summed E-state index contributed by atoms with van der Waals surface area (Å²) >= 11 is 1.25. The fraction of sp³-hybridized carbons (Fsp3) is 0.500. The van der Waals surface area contributed by atoms with Crippen molar-refractivity contribution in [2.75, 3.05) is 32.3 Å². The monoisotopic (exact) mass is 363 g/mol. The van der Waals surface area contributed by atoms with Crippen LogP contribution in [-0.2, 0) is 19.6 Å². The molecule has 0 bridgehead atoms. The van der Waals surface area contributed by atoms with Crippen LogP contribution in [0.4, 0.5) is 0 Å². The Hall–Kier alpha value is -1.29. The molecule has 1 aromatic rings. The summed E-state index contributed by atoms with van der Waals surface area (Å²) in [6.07, 6.45) is 0. The lowest BCUT2D eigenvalue weighted by Crippen LogP contribution is -2.54. The molecule has 0 aliphatic heterocycles. The minimum absolute atomic E-state index is 0.0144. The Balaban J connectivity index is 3.01. The van der Waals surface area contributed by atoms with Crippen LogP contribution >= 0.6 is 11.8 Å². The second-order valence-electron chi connectivity index (χ2n) is 4.88. The smallest absolute Gasteiger partial charge is 0.327 e. The van der Waals surface area contributed by atoms with E-state index < -0.39 is 21.5 Å². The molecule has 130 valence electrons. The Bertz CT molecular complexity index is 617. The molecule has 0 radical (unpaired) electrons. The summed E-state index contributed by atoms with van der Waals surface area (Å²) in [5, 5.41) is 8.83. The fourth-order valence-electron chi connectivity index (χ4n) is 1.81. The van der Waals surface area contributed by atoms with Crippen molar-refractivity contribution >= 4 is 27.8 Å². The summed E-state index contributed by atoms with van der Waals surface area (Å²) in [6.45, 7) is 1.39. The van der Waals surface area contributed by atoms with E-state index in [9.17, 15) is 13.2 Å². The predicted octanol–water partition coefficient (Wildman–Crippen LogP) is 0.631. The highest BCUT2D eigenvalue weighted by atomic mass is 32.2. The molecule has 1 atom stereocenters. The van der Waals surface area contributed by atoms with Crippen LogP contribution in [0.5, 0.6) is 5.75 Å². The lowest BCUT2D eigenvalue weighted by atomic mass is 10.1. The Morgan fingerprint density at radius 1 is 1.30 bits per heavy atom. The maximum absolute atomic E-state index is 12.5. The molecule has 1 rings (SSSR count). The summed E-state index contributed by atoms with van der Waals surface area (Å²) in [7, 11) is -1.24. The molecule has 0 aliphatic rings. The molecule has 2 N–H and O–H groups in total. The van der Waals surface area contributed by atoms with Crippen molar-refractivity contribution in [3.8, 4) is 5.75 Å². The average molecular weight is 363 g/mol. The van der Waals surface area contributed by atoms with Crippen LogP contribution < -0.4 is 9.46 Å². The highest BCUT2D eigenvalue weighted by Crippen LogP contribution is 2.21. The van der Waals surface area contributed by atoms with Crippen molar-refractivity contribution in [1.29, 1.82) is 0 Å². The standard InChI is InChI=1S/C14H21NO6S2/c1-14(13(17)21-3,10-22-9-8-16)15-23(18,19)12-6-4-11(20-2)5-7-12/h4-7,15-16H,8-10H2,1-3H3/t14-/m1/s1. The van der Waals surface area contributed by atoms with Crippen molar-refractivity contribution in [1.82, 2.24) is 4.72 Å². The first-order chi connectivity index (χ1) is 10.8. The number of benzene rings is 1. The third-order valence-electron chi connectivity index (χ3n) is 2.99. The molecule has 1 aromatic carbocycles. The minimum Gasteiger partial charge on any atom is -0.497 e. The molecule has 0 unspecified atom stereocenters. The van der Waals surface area contributed by atoms with Crippen molar-refractivity contribution in [3.63, 3.8) is 0 Å². The zero-order chi connectivity index (χ0) is 17.5. The van der Waals surface area contributed by atoms with Gasteiger partial charge in [-0.2, -0.15) is 16.5 Å². The van der Waals surface area contributed by atoms with Crippen LogP contribution in [0, 0.1) is 0 Å². The number of aliphatic hydroxyl groups is 1. The van der Waals surface area contributed by atoms with Gasteiger partial charge in [0.15, 0.2) is 0 Å². The van der Waals surface area contributed by atoms with Crippen molar-refractivity contribution < 1.29 is 27.8 Å². The first-order valence-corrected chi connectivity index (χ1v) is 9.38. The van der Waals surface area contributed by atoms with E-state index in [1.165, 1.54) is 57.2 Å². The van der Waals surface area contributed by atoms with Gasteiger partial charge in [0.1, 0.15) is 11.3 Å². The van der Waals surface area contributed by atoms with Gasteiger partial charge in [0.25, 0.3) is 0 Å². The second-order valence-corrected chi connectivity index (χ2v) is 7.67. The molecular weight excluding hydrogens is 342 g/mol. The third-order valence-corrected chi connectivity index (χ3v) is 5.86. The first kappa shape index (κ1) is 19.8. The average Bonchev–Trinajstić information content (AvgIpc) is 2.53. The van der Waals surface area contributed by atoms with Gasteiger partial charge in [-0.3, -0.25) is 4.79 Å². The summed E-state index contributed by atoms with van der Waals surface area (Å²) in [6, 6.07) is 5.81. The van der Waals surface area contributed by atoms with E-state index in [0.29, 0.717) is 11.5 Å². The molecule has 9 heteroatoms. The number of hydrogen-bond donors (Lipinski definition) is 2. The van der Waals surface area contributed by atoms with Gasteiger partial charge in [0, 0.05) is 11.5 Å². The number of aliphatic hydroxyl groups excluding tert-OH is 1. The van der Waals surface area contributed by atoms with Crippen LogP contribution in [-0.4, -0.2) is 57.4 Å². The zero-order valence-electron chi connectivity index (χ0n) is 13.2. The van der Waals surface area contributed by atoms with Gasteiger partial charge in [-0.1, -0.05) is 0 Å². The van der Waals surface area contributed by atoms with Crippen molar-refractivity contribution in [2.45, 2.75) is 17.4 Å². The Morgan fingerprint density at radius 3 is 2.39 bits per heavy atom. The van der Waals surface area contributed by atoms with E-state index in [2.05, 4.69) is 4.72 Å². The number of carbonyl (C=O) groups excluding carboxylic acids is 1. The lowest BCUT2D eigenvalue weighted by Gasteiger charge is -2.27. The van der Waals surface area contributed by atoms with Crippen LogP contribution in [0.2, 0.25) is 0 Å². The van der Waals surface area contributed by atoms with Gasteiger partial charge < -0.3 is 14.6 Å². The molecule has 7 nitrogen and oxygen atoms in total. The molecule has 0 saturated carbocycles. The summed E-state index contributed by atoms with van der Waals surface area (Å²) < 4.78 is 37.0. The first-order valence-electron chi connectivity index (χ1n) is 6.74. The van der Waals surface area contributed by atoms with E-state index in [4.69, 9.17) is 14.6 Å². The maximum atomic E-state index is 12.5. The number of nitrogens with one attached hydrogen (secondary N) is 1. The highest BCUT2D eigenvalue weighted by molar-refractivity contribution is 7.99. The van der Waals surface area contributed by atoms with Gasteiger partial charge in [-0.05, 0) is 31.2 Å². The van der Waals surface area contributed by atoms with E-state index in [1.807, 2.05) is 0 Å². The fourth-order valence-corrected chi connectivity index (χ4v) is 4.13. The molecule has 0 aliphatic carbocycles. The Kier molecular flexibility index (Phi) is 7.33. The number of methoxy groups -OCH3 is 2. The zero-order valence-corrected chi connectivity index (χ0v) is 14.9. The number of sulfonamides is 1. The largest absolute Gasteiger partial charge is 0.497 e. The molecule has 0 aromatic heterocycles. The number of carbonyl (C=O) groups is 1. The molecule has 0 fully saturated rings. The topological polar surface area (TPSA) is 102 Å². The molecule has 23 heavy (non-hydrogen) atoms. The lowest BCUT2D eigenvalue weighted by molar-refractivity contribution is -0.146. The second kappa shape index (κ2) is 8.53. The van der Waals surface area contributed by atoms with E-state index in [-0.39, 0.29) is 17.3 Å². The molecule has 0 heterocycles. The van der Waals surface area contributed by atoms with Crippen molar-refractivity contribution in [2.24, 2.45) is 0 Å². The summed E-state index contributed by atoms with van der Waals surface area (Å²) in [4.78, 5) is 12.0. The maximum Gasteiger partial charge on any atom is 0.327 e. The SMILES string of the molecule is COC(=O)[C@@](C)(CSCCO)NS(=O)(=O)c1ccc(OC)cc1. The van der Waals surface area contributed by atoms with Crippen LogP contribution in [0.1, 0.15) is 6.92 Å². The van der Waals surface area contributed by atoms with Crippen LogP contribution in [0.25, 0.3) is 0 Å². The van der Waals surface area contributed by atoms with E-state index >= 15 is 0 Å². The van der Waals surface area contributed by atoms with E-state index in [1.54, 1.807) is 0 Å². The minimum atomic E-state index is -3.92. The van der Waals surface area contributed by atoms with Gasteiger partial charge >= 0.3 is 5.97 Å². The number of esters is 1. The number of rotatable bonds is 9. The number of thioether (sulfide) groups is 1. The Morgan fingerprint density at radius 2 is 1.91 bits per heavy atom. The number of hydrogen-bond acceptors (Lipinski definition) is 7. The highest BCUT2D eigenvalue weighted by Gasteiger charge is 2.38. The molecule has 0 saturated heterocycles. The van der Waals surface area contributed by atoms with Gasteiger partial charge in [-0.25, -0.2) is 8.42 Å². The normalized spacial score (nSPS) is 14.1. The molecular formula is C14H21NO6S2. The van der Waals surface area contributed by atoms with Gasteiger partial charge in [0.05, 0.1) is 25.7 Å². The van der Waals surface area contributed by atoms with Gasteiger partial charge in [-0.15, -0.1) is 0 Å². The third kappa shape index (κ3) is 5.38. The van der Waals surface area contributed by atoms with Crippen molar-refractivity contribution in [3.05, 3.63) is 24.3 Å². The number of ether oxygens (including phenoxy) is 2. The van der Waals surface area contributed by atoms with Crippen LogP contribution in [0.3, 0.4) is 0 Å². The predicted molar refractivity (Wildman–Crippen MR) is 88.1 cm³/mol. The Labute approximate surface area is 140 Å². The summed E-state index contributed by atoms with van der Waals surface area (Å²) in [5.41, 5.74) is -1.44. The molecule has 0 spiro atoms. The summed E-state index contributed by atoms with van der Waals surface area (Å²) in [5.74, 6) is 0.352. The van der Waals surface area contributed by atoms with Crippen LogP contribution in [0.15, 0.2) is 29.2 Å². The quantitative estimate of drug-likeness (QED) is 0.490. The van der Waals surface area contributed by atoms with Gasteiger partial charge in [0.2, 0.25) is 10.0 Å². The molecule has 0 amide bonds.